The van der Waals surface area contributed by atoms with E-state index >= 15 is 0 Å². The van der Waals surface area contributed by atoms with Crippen molar-refractivity contribution in [3.63, 3.8) is 0 Å². The summed E-state index contributed by atoms with van der Waals surface area (Å²) < 4.78 is 14.2. The first-order valence-corrected chi connectivity index (χ1v) is 14.7. The molecule has 0 aromatic rings. The Kier molecular flexibility index (Phi) is 25.1. The van der Waals surface area contributed by atoms with Crippen LogP contribution in [0.15, 0.2) is 85.1 Å². The molecule has 0 radical (unpaired) electrons. The number of rotatable bonds is 23. The lowest BCUT2D eigenvalue weighted by atomic mass is 9.97. The van der Waals surface area contributed by atoms with E-state index in [9.17, 15) is 29.7 Å². The van der Waals surface area contributed by atoms with Crippen molar-refractivity contribution >= 4 is 17.9 Å². The van der Waals surface area contributed by atoms with Crippen LogP contribution < -0.4 is 0 Å². The van der Waals surface area contributed by atoms with E-state index in [0.717, 1.165) is 57.8 Å². The van der Waals surface area contributed by atoms with E-state index in [0.29, 0.717) is 6.42 Å². The lowest BCUT2D eigenvalue weighted by Gasteiger charge is -2.26. The van der Waals surface area contributed by atoms with E-state index < -0.39 is 48.7 Å². The molecule has 0 aromatic carbocycles. The molecule has 0 spiro atoms. The zero-order valence-corrected chi connectivity index (χ0v) is 25.8. The number of ether oxygens (including phenoxy) is 3. The van der Waals surface area contributed by atoms with Crippen molar-refractivity contribution in [2.45, 2.75) is 83.5 Å². The molecule has 0 aliphatic carbocycles. The summed E-state index contributed by atoms with van der Waals surface area (Å²) in [6, 6.07) is 0. The molecule has 0 aliphatic rings. The highest BCUT2D eigenvalue weighted by atomic mass is 16.5. The summed E-state index contributed by atoms with van der Waals surface area (Å²) in [6.45, 7) is 2.91. The molecule has 0 saturated heterocycles. The van der Waals surface area contributed by atoms with Crippen LogP contribution in [-0.4, -0.2) is 71.9 Å². The average Bonchev–Trinajstić information content (AvgIpc) is 3.01. The molecule has 0 fully saturated rings. The molecular formula is C34H50O9. The summed E-state index contributed by atoms with van der Waals surface area (Å²) in [7, 11) is 1.14. The number of allylic oxidation sites excluding steroid dienone is 12. The largest absolute Gasteiger partial charge is 0.466 e. The SMILES string of the molecule is CC/C=C\C/C=C\C/C=C\C/C=C\C/C=C\C/C=C\CCC(=O)OC[C@@H](C)[C@@H](O)[C@H](O)[C@H](O)COC(=O)/C=C/C(=O)OC. The maximum atomic E-state index is 12.0. The summed E-state index contributed by atoms with van der Waals surface area (Å²) in [5.74, 6) is -2.82. The van der Waals surface area contributed by atoms with E-state index in [2.05, 4.69) is 72.4 Å². The van der Waals surface area contributed by atoms with Gasteiger partial charge in [0.1, 0.15) is 18.8 Å². The predicted molar refractivity (Wildman–Crippen MR) is 168 cm³/mol. The maximum absolute atomic E-state index is 12.0. The van der Waals surface area contributed by atoms with Crippen molar-refractivity contribution in [3.05, 3.63) is 85.1 Å². The van der Waals surface area contributed by atoms with Crippen LogP contribution in [0.4, 0.5) is 0 Å². The number of methoxy groups -OCH3 is 1. The van der Waals surface area contributed by atoms with Crippen molar-refractivity contribution < 1.29 is 43.9 Å². The van der Waals surface area contributed by atoms with Gasteiger partial charge >= 0.3 is 17.9 Å². The van der Waals surface area contributed by atoms with E-state index in [4.69, 9.17) is 9.47 Å². The minimum Gasteiger partial charge on any atom is -0.466 e. The van der Waals surface area contributed by atoms with Gasteiger partial charge < -0.3 is 29.5 Å². The smallest absolute Gasteiger partial charge is 0.331 e. The number of aliphatic hydroxyl groups excluding tert-OH is 3. The van der Waals surface area contributed by atoms with E-state index in [-0.39, 0.29) is 13.0 Å². The van der Waals surface area contributed by atoms with Gasteiger partial charge in [0.15, 0.2) is 0 Å². The van der Waals surface area contributed by atoms with Gasteiger partial charge in [-0.05, 0) is 44.9 Å². The van der Waals surface area contributed by atoms with Gasteiger partial charge in [-0.15, -0.1) is 0 Å². The lowest BCUT2D eigenvalue weighted by molar-refractivity contribution is -0.153. The molecule has 0 heterocycles. The van der Waals surface area contributed by atoms with Crippen molar-refractivity contribution in [2.75, 3.05) is 20.3 Å². The summed E-state index contributed by atoms with van der Waals surface area (Å²) in [5, 5.41) is 30.3. The van der Waals surface area contributed by atoms with E-state index in [1.54, 1.807) is 6.92 Å². The van der Waals surface area contributed by atoms with Crippen molar-refractivity contribution in [1.82, 2.24) is 0 Å². The first kappa shape index (κ1) is 39.5. The van der Waals surface area contributed by atoms with Crippen molar-refractivity contribution in [3.8, 4) is 0 Å². The highest BCUT2D eigenvalue weighted by molar-refractivity contribution is 5.91. The van der Waals surface area contributed by atoms with Gasteiger partial charge in [-0.25, -0.2) is 9.59 Å². The van der Waals surface area contributed by atoms with Crippen LogP contribution in [-0.2, 0) is 28.6 Å². The second-order valence-corrected chi connectivity index (χ2v) is 9.65. The fourth-order valence-corrected chi connectivity index (χ4v) is 3.32. The Labute approximate surface area is 256 Å². The topological polar surface area (TPSA) is 140 Å². The second kappa shape index (κ2) is 27.3. The van der Waals surface area contributed by atoms with Gasteiger partial charge in [0, 0.05) is 24.5 Å². The fraction of sp³-hybridized carbons (Fsp3) is 0.500. The Hall–Kier alpha value is -3.53. The van der Waals surface area contributed by atoms with Crippen LogP contribution in [0.2, 0.25) is 0 Å². The van der Waals surface area contributed by atoms with Crippen LogP contribution in [0.5, 0.6) is 0 Å². The molecule has 0 aromatic heterocycles. The predicted octanol–water partition coefficient (Wildman–Crippen LogP) is 5.00. The third-order valence-electron chi connectivity index (χ3n) is 5.90. The molecule has 4 atom stereocenters. The normalized spacial score (nSPS) is 15.4. The van der Waals surface area contributed by atoms with E-state index in [1.807, 2.05) is 12.2 Å². The molecule has 0 rings (SSSR count). The fourth-order valence-electron chi connectivity index (χ4n) is 3.32. The Morgan fingerprint density at radius 3 is 1.58 bits per heavy atom. The number of aliphatic hydroxyl groups is 3. The molecular weight excluding hydrogens is 552 g/mol. The van der Waals surface area contributed by atoms with Gasteiger partial charge in [-0.2, -0.15) is 0 Å². The van der Waals surface area contributed by atoms with Crippen molar-refractivity contribution in [2.24, 2.45) is 5.92 Å². The van der Waals surface area contributed by atoms with Crippen LogP contribution in [0.25, 0.3) is 0 Å². The molecule has 3 N–H and O–H groups in total. The Balaban J connectivity index is 4.02. The minimum atomic E-state index is -1.65. The first-order chi connectivity index (χ1) is 20.7. The third-order valence-corrected chi connectivity index (χ3v) is 5.90. The monoisotopic (exact) mass is 602 g/mol. The van der Waals surface area contributed by atoms with Crippen LogP contribution in [0.1, 0.15) is 65.2 Å². The first-order valence-electron chi connectivity index (χ1n) is 14.7. The minimum absolute atomic E-state index is 0.158. The lowest BCUT2D eigenvalue weighted by Crippen LogP contribution is -2.44. The molecule has 0 unspecified atom stereocenters. The van der Waals surface area contributed by atoms with Gasteiger partial charge in [0.25, 0.3) is 0 Å². The molecule has 0 aliphatic heterocycles. The zero-order valence-electron chi connectivity index (χ0n) is 25.8. The molecule has 0 bridgehead atoms. The molecule has 0 amide bonds. The number of carbonyl (C=O) groups excluding carboxylic acids is 3. The van der Waals surface area contributed by atoms with Gasteiger partial charge in [0.2, 0.25) is 0 Å². The number of carbonyl (C=O) groups is 3. The summed E-state index contributed by atoms with van der Waals surface area (Å²) in [4.78, 5) is 34.4. The quantitative estimate of drug-likeness (QED) is 0.0638. The highest BCUT2D eigenvalue weighted by Crippen LogP contribution is 2.13. The molecule has 43 heavy (non-hydrogen) atoms. The number of hydrogen-bond donors (Lipinski definition) is 3. The third kappa shape index (κ3) is 23.7. The number of hydrogen-bond acceptors (Lipinski definition) is 9. The average molecular weight is 603 g/mol. The highest BCUT2D eigenvalue weighted by Gasteiger charge is 2.30. The van der Waals surface area contributed by atoms with Gasteiger partial charge in [-0.3, -0.25) is 4.79 Å². The zero-order chi connectivity index (χ0) is 32.1. The molecule has 9 heteroatoms. The van der Waals surface area contributed by atoms with Crippen LogP contribution >= 0.6 is 0 Å². The second-order valence-electron chi connectivity index (χ2n) is 9.65. The summed E-state index contributed by atoms with van der Waals surface area (Å²) in [6.07, 6.45) is 28.6. The molecule has 0 saturated carbocycles. The molecule has 9 nitrogen and oxygen atoms in total. The molecule has 240 valence electrons. The maximum Gasteiger partial charge on any atom is 0.331 e. The summed E-state index contributed by atoms with van der Waals surface area (Å²) in [5.41, 5.74) is 0. The Bertz CT molecular complexity index is 972. The van der Waals surface area contributed by atoms with Crippen LogP contribution in [0.3, 0.4) is 0 Å². The van der Waals surface area contributed by atoms with Crippen molar-refractivity contribution in [1.29, 1.82) is 0 Å². The van der Waals surface area contributed by atoms with E-state index in [1.165, 1.54) is 0 Å². The van der Waals surface area contributed by atoms with Gasteiger partial charge in [-0.1, -0.05) is 86.8 Å². The Morgan fingerprint density at radius 2 is 1.09 bits per heavy atom. The number of esters is 3. The van der Waals surface area contributed by atoms with Crippen LogP contribution in [0, 0.1) is 5.92 Å². The Morgan fingerprint density at radius 1 is 0.628 bits per heavy atom. The standard InChI is InChI=1S/C34H50O9/c1-4-5-6-7-8-9-10-11-12-13-14-15-16-17-18-19-20-21-22-23-31(37)42-26-28(2)33(39)34(40)29(35)27-43-32(38)25-24-30(36)41-3/h5-6,8-9,11-12,14-15,17-18,20-21,24-25,28-29,33-35,39-40H,4,7,10,13,16,19,22-23,26-27H2,1-3H3/b6-5-,9-8-,12-11-,15-14-,18-17-,21-20-,25-24+/t28-,29-,33-,34-/m1/s1. The summed E-state index contributed by atoms with van der Waals surface area (Å²) >= 11 is 0. The van der Waals surface area contributed by atoms with Gasteiger partial charge in [0.05, 0.1) is 19.8 Å².